The van der Waals surface area contributed by atoms with Crippen LogP contribution >= 0.6 is 23.2 Å². The number of nitrogens with zero attached hydrogens (tertiary/aromatic N) is 1. The average molecular weight is 1060 g/mol. The Bertz CT molecular complexity index is 2480. The van der Waals surface area contributed by atoms with Crippen molar-refractivity contribution in [1.82, 2.24) is 10.2 Å². The van der Waals surface area contributed by atoms with E-state index in [2.05, 4.69) is 5.32 Å². The van der Waals surface area contributed by atoms with E-state index < -0.39 is 114 Å². The lowest BCUT2D eigenvalue weighted by molar-refractivity contribution is -0.295. The van der Waals surface area contributed by atoms with Crippen molar-refractivity contribution in [2.75, 3.05) is 40.4 Å². The van der Waals surface area contributed by atoms with Gasteiger partial charge in [-0.1, -0.05) is 45.9 Å². The number of ether oxygens (including phenoxy) is 11. The monoisotopic (exact) mass is 1060 g/mol. The molecule has 22 heteroatoms. The van der Waals surface area contributed by atoms with Crippen molar-refractivity contribution < 1.29 is 85.7 Å². The van der Waals surface area contributed by atoms with E-state index in [4.69, 9.17) is 75.3 Å². The molecule has 1 spiro atoms. The fourth-order valence-corrected chi connectivity index (χ4v) is 10.3. The third-order valence-electron chi connectivity index (χ3n) is 13.4. The van der Waals surface area contributed by atoms with Crippen LogP contribution in [0.1, 0.15) is 101 Å². The molecule has 5 aliphatic rings. The van der Waals surface area contributed by atoms with Crippen molar-refractivity contribution in [3.8, 4) is 11.5 Å². The molecule has 2 fully saturated rings. The first-order chi connectivity index (χ1) is 34.0. The van der Waals surface area contributed by atoms with E-state index in [0.29, 0.717) is 24.2 Å². The molecule has 1 amide bonds. The van der Waals surface area contributed by atoms with Gasteiger partial charge in [0.2, 0.25) is 6.29 Å². The summed E-state index contributed by atoms with van der Waals surface area (Å²) in [4.78, 5) is 90.4. The predicted molar refractivity (Wildman–Crippen MR) is 258 cm³/mol. The zero-order chi connectivity index (χ0) is 52.5. The second kappa shape index (κ2) is 23.4. The molecule has 0 bridgehead atoms. The Labute approximate surface area is 433 Å². The van der Waals surface area contributed by atoms with Crippen molar-refractivity contribution in [1.29, 1.82) is 0 Å². The molecule has 14 atom stereocenters. The highest BCUT2D eigenvalue weighted by atomic mass is 35.5. The highest BCUT2D eigenvalue weighted by Crippen LogP contribution is 2.60. The molecule has 2 aromatic carbocycles. The molecular formula is C51H64Cl2N2O18. The first-order valence-electron chi connectivity index (χ1n) is 23.6. The second-order valence-corrected chi connectivity index (χ2v) is 19.9. The first-order valence-corrected chi connectivity index (χ1v) is 24.4. The number of hydrogen-bond donors (Lipinski definition) is 1. The van der Waals surface area contributed by atoms with Crippen LogP contribution in [0.5, 0.6) is 11.5 Å². The molecule has 2 aromatic rings. The van der Waals surface area contributed by atoms with E-state index in [-0.39, 0.29) is 72.3 Å². The number of amides is 1. The van der Waals surface area contributed by atoms with Crippen molar-refractivity contribution in [3.63, 3.8) is 0 Å². The van der Waals surface area contributed by atoms with Gasteiger partial charge in [-0.15, -0.1) is 11.6 Å². The summed E-state index contributed by atoms with van der Waals surface area (Å²) >= 11 is 14.4. The number of halogens is 2. The number of rotatable bonds is 15. The molecular weight excluding hydrogens is 999 g/mol. The van der Waals surface area contributed by atoms with Gasteiger partial charge in [0.05, 0.1) is 34.1 Å². The van der Waals surface area contributed by atoms with E-state index >= 15 is 0 Å². The number of fused-ring (bicyclic) bond motifs is 6. The number of benzene rings is 2. The molecule has 1 N–H and O–H groups in total. The number of hydrogen-bond acceptors (Lipinski definition) is 19. The fraction of sp³-hybridized carbons (Fsp3) is 0.588. The van der Waals surface area contributed by atoms with Crippen LogP contribution in [0.4, 0.5) is 0 Å². The van der Waals surface area contributed by atoms with Gasteiger partial charge in [0.1, 0.15) is 42.7 Å². The SMILES string of the molecule is C.CC(=O)OCC1OC(Oc2cc3c(cc2Cl)C2(OC(=O)c4cc(C(=O)NCCN(C)C)ccc42)C2CC(Cl)C(OC4OC(COC(C)=O)C(OC(C)=O)C(OC(C)=O)C4C)C=C2O3)C(OC(C)=O)C(C)C1C. The number of carbonyl (C=O) groups excluding carboxylic acids is 7. The number of alkyl halides is 1. The first kappa shape index (κ1) is 56.8. The largest absolute Gasteiger partial charge is 0.463 e. The van der Waals surface area contributed by atoms with Gasteiger partial charge >= 0.3 is 35.8 Å². The number of nitrogens with one attached hydrogen (secondary N) is 1. The Morgan fingerprint density at radius 1 is 0.767 bits per heavy atom. The van der Waals surface area contributed by atoms with Gasteiger partial charge in [-0.2, -0.15) is 0 Å². The molecule has 0 saturated carbocycles. The number of esters is 6. The van der Waals surface area contributed by atoms with E-state index in [1.54, 1.807) is 31.2 Å². The van der Waals surface area contributed by atoms with Crippen molar-refractivity contribution in [3.05, 3.63) is 69.4 Å². The predicted octanol–water partition coefficient (Wildman–Crippen LogP) is 5.63. The van der Waals surface area contributed by atoms with E-state index in [9.17, 15) is 33.6 Å². The van der Waals surface area contributed by atoms with Crippen LogP contribution in [0.2, 0.25) is 5.02 Å². The summed E-state index contributed by atoms with van der Waals surface area (Å²) < 4.78 is 66.5. The zero-order valence-corrected chi connectivity index (χ0v) is 43.1. The molecule has 4 aliphatic heterocycles. The standard InChI is InChI=1S/C50H60Cl2N2O18.CH4/c1-22-23(2)44(65-28(7)58)49(70-41(22)20-62-25(4)55)69-40-19-38-34(17-36(40)52)50(32-12-11-30(15-31(32)47(61)72-50)46(60)53-13-14-54(9)10)33-16-35(51)39(18-37(33)67-38)68-48-24(3)43(64-27(6)57)45(66-29(8)59)42(71-48)21-63-26(5)56;/h11-12,15,17-19,22-24,33,35,39,41-45,48-49H,13-14,16,20-21H2,1-10H3,(H,53,60);1H4. The van der Waals surface area contributed by atoms with E-state index in [0.717, 1.165) is 0 Å². The smallest absolute Gasteiger partial charge is 0.339 e. The van der Waals surface area contributed by atoms with Crippen LogP contribution in [0.15, 0.2) is 42.2 Å². The van der Waals surface area contributed by atoms with Crippen LogP contribution < -0.4 is 14.8 Å². The van der Waals surface area contributed by atoms with Gasteiger partial charge in [0, 0.05) is 82.3 Å². The molecule has 73 heavy (non-hydrogen) atoms. The third-order valence-corrected chi connectivity index (χ3v) is 14.2. The highest BCUT2D eigenvalue weighted by molar-refractivity contribution is 6.32. The molecule has 2 saturated heterocycles. The molecule has 0 aromatic heterocycles. The molecule has 7 rings (SSSR count). The lowest BCUT2D eigenvalue weighted by Crippen LogP contribution is -2.59. The molecule has 4 heterocycles. The van der Waals surface area contributed by atoms with E-state index in [1.165, 1.54) is 46.8 Å². The topological polar surface area (TPSA) is 236 Å². The Morgan fingerprint density at radius 3 is 2.01 bits per heavy atom. The number of likely N-dealkylation sites (N-methyl/N-ethyl adjacent to an activating group) is 1. The minimum Gasteiger partial charge on any atom is -0.463 e. The maximum atomic E-state index is 14.3. The van der Waals surface area contributed by atoms with Gasteiger partial charge in [-0.3, -0.25) is 28.8 Å². The van der Waals surface area contributed by atoms with Gasteiger partial charge in [-0.05, 0) is 50.7 Å². The summed E-state index contributed by atoms with van der Waals surface area (Å²) in [5, 5.41) is 2.02. The van der Waals surface area contributed by atoms with Crippen molar-refractivity contribution >= 4 is 64.9 Å². The Hall–Kier alpha value is -5.51. The summed E-state index contributed by atoms with van der Waals surface area (Å²) in [6.07, 6.45) is -6.83. The molecule has 14 unspecified atom stereocenters. The van der Waals surface area contributed by atoms with Gasteiger partial charge in [-0.25, -0.2) is 4.79 Å². The lowest BCUT2D eigenvalue weighted by Gasteiger charge is -2.48. The summed E-state index contributed by atoms with van der Waals surface area (Å²) in [6.45, 7) is 12.0. The summed E-state index contributed by atoms with van der Waals surface area (Å²) in [5.74, 6) is -6.07. The third kappa shape index (κ3) is 12.2. The Balaban J connectivity index is 0.00000869. The van der Waals surface area contributed by atoms with Crippen LogP contribution in [0, 0.1) is 23.7 Å². The van der Waals surface area contributed by atoms with E-state index in [1.807, 2.05) is 32.8 Å². The molecule has 1 aliphatic carbocycles. The van der Waals surface area contributed by atoms with Gasteiger partial charge in [0.25, 0.3) is 5.91 Å². The van der Waals surface area contributed by atoms with Crippen LogP contribution in [-0.2, 0) is 72.2 Å². The second-order valence-electron chi connectivity index (χ2n) is 18.9. The van der Waals surface area contributed by atoms with Crippen molar-refractivity contribution in [2.24, 2.45) is 23.7 Å². The van der Waals surface area contributed by atoms with Crippen molar-refractivity contribution in [2.45, 2.75) is 129 Å². The highest BCUT2D eigenvalue weighted by Gasteiger charge is 2.61. The lowest BCUT2D eigenvalue weighted by atomic mass is 9.69. The normalized spacial score (nSPS) is 30.9. The van der Waals surface area contributed by atoms with Gasteiger partial charge < -0.3 is 62.3 Å². The molecule has 20 nitrogen and oxygen atoms in total. The Morgan fingerprint density at radius 2 is 1.38 bits per heavy atom. The zero-order valence-electron chi connectivity index (χ0n) is 41.6. The summed E-state index contributed by atoms with van der Waals surface area (Å²) in [7, 11) is 3.76. The maximum absolute atomic E-state index is 14.3. The summed E-state index contributed by atoms with van der Waals surface area (Å²) in [5.41, 5.74) is -0.609. The maximum Gasteiger partial charge on any atom is 0.339 e. The average Bonchev–Trinajstić information content (AvgIpc) is 3.59. The molecule has 0 radical (unpaired) electrons. The van der Waals surface area contributed by atoms with Crippen LogP contribution in [0.3, 0.4) is 0 Å². The van der Waals surface area contributed by atoms with Crippen LogP contribution in [-0.4, -0.2) is 142 Å². The van der Waals surface area contributed by atoms with Gasteiger partial charge in [0.15, 0.2) is 24.1 Å². The minimum atomic E-state index is -1.66. The minimum absolute atomic E-state index is 0. The fourth-order valence-electron chi connectivity index (χ4n) is 9.77. The number of carbonyl (C=O) groups is 7. The molecule has 400 valence electrons. The van der Waals surface area contributed by atoms with Crippen LogP contribution in [0.25, 0.3) is 0 Å². The quantitative estimate of drug-likeness (QED) is 0.129. The summed E-state index contributed by atoms with van der Waals surface area (Å²) in [6, 6.07) is 7.75. The Kier molecular flexibility index (Phi) is 18.2.